The molecule has 0 aliphatic rings. The topological polar surface area (TPSA) is 32.3 Å². The molecule has 60 valence electrons. The monoisotopic (exact) mass is 143 g/mol. The van der Waals surface area contributed by atoms with Gasteiger partial charge in [-0.3, -0.25) is 0 Å². The highest BCUT2D eigenvalue weighted by Crippen LogP contribution is 2.05. The fourth-order valence-electron chi connectivity index (χ4n) is 0.470. The normalized spacial score (nSPS) is 13.4. The molecule has 0 unspecified atom stereocenters. The lowest BCUT2D eigenvalue weighted by molar-refractivity contribution is 0.106. The van der Waals surface area contributed by atoms with Gasteiger partial charge in [0, 0.05) is 0 Å². The van der Waals surface area contributed by atoms with Gasteiger partial charge in [-0.05, 0) is 19.8 Å². The van der Waals surface area contributed by atoms with Crippen LogP contribution in [0.25, 0.3) is 0 Å². The molecule has 0 radical (unpaired) electrons. The third kappa shape index (κ3) is 4.53. The molecular formula is C8H17NO. The van der Waals surface area contributed by atoms with Gasteiger partial charge in [0.25, 0.3) is 0 Å². The molecule has 0 aromatic heterocycles. The molecule has 0 saturated carbocycles. The van der Waals surface area contributed by atoms with Crippen LogP contribution >= 0.6 is 0 Å². The molecule has 0 aliphatic carbocycles. The summed E-state index contributed by atoms with van der Waals surface area (Å²) in [4.78, 5) is 0. The number of allylic oxidation sites excluding steroid dienone is 1. The highest BCUT2D eigenvalue weighted by atomic mass is 16.5. The van der Waals surface area contributed by atoms with Gasteiger partial charge in [-0.25, -0.2) is 0 Å². The lowest BCUT2D eigenvalue weighted by atomic mass is 10.0. The molecule has 0 atom stereocenters. The van der Waals surface area contributed by atoms with Crippen molar-refractivity contribution in [2.24, 2.45) is 5.92 Å². The van der Waals surface area contributed by atoms with E-state index in [1.54, 1.807) is 0 Å². The number of nitrogens with one attached hydrogen (secondary N) is 1. The second-order valence-electron chi connectivity index (χ2n) is 3.44. The highest BCUT2D eigenvalue weighted by molar-refractivity contribution is 5.00. The van der Waals surface area contributed by atoms with E-state index in [0.717, 1.165) is 0 Å². The Hall–Kier alpha value is -0.340. The molecule has 2 heteroatoms. The van der Waals surface area contributed by atoms with Crippen LogP contribution in [-0.4, -0.2) is 10.7 Å². The van der Waals surface area contributed by atoms with Crippen LogP contribution in [0.1, 0.15) is 27.7 Å². The van der Waals surface area contributed by atoms with E-state index >= 15 is 0 Å². The first-order valence-electron chi connectivity index (χ1n) is 3.58. The van der Waals surface area contributed by atoms with E-state index in [1.807, 2.05) is 19.9 Å². The lowest BCUT2D eigenvalue weighted by Gasteiger charge is -2.17. The number of hydrogen-bond acceptors (Lipinski definition) is 2. The zero-order valence-corrected chi connectivity index (χ0v) is 7.18. The minimum absolute atomic E-state index is 0.301. The minimum Gasteiger partial charge on any atom is -0.316 e. The Morgan fingerprint density at radius 3 is 2.20 bits per heavy atom. The molecule has 0 spiro atoms. The van der Waals surface area contributed by atoms with Crippen LogP contribution in [-0.2, 0) is 0 Å². The summed E-state index contributed by atoms with van der Waals surface area (Å²) < 4.78 is 0. The van der Waals surface area contributed by atoms with Crippen LogP contribution in [0, 0.1) is 5.92 Å². The summed E-state index contributed by atoms with van der Waals surface area (Å²) in [5.74, 6) is 0.535. The molecule has 0 heterocycles. The maximum Gasteiger partial charge on any atom is 0.0553 e. The summed E-state index contributed by atoms with van der Waals surface area (Å²) in [6.45, 7) is 8.02. The molecule has 2 N–H and O–H groups in total. The molecule has 0 amide bonds. The van der Waals surface area contributed by atoms with E-state index in [0.29, 0.717) is 5.92 Å². The quantitative estimate of drug-likeness (QED) is 0.467. The Balaban J connectivity index is 3.86. The molecule has 0 fully saturated rings. The Morgan fingerprint density at radius 1 is 1.40 bits per heavy atom. The molecular weight excluding hydrogens is 126 g/mol. The first-order chi connectivity index (χ1) is 4.48. The predicted octanol–water partition coefficient (Wildman–Crippen LogP) is 1.96. The largest absolute Gasteiger partial charge is 0.316 e. The second kappa shape index (κ2) is 3.74. The van der Waals surface area contributed by atoms with Gasteiger partial charge in [-0.15, -0.1) is 0 Å². The van der Waals surface area contributed by atoms with Gasteiger partial charge in [0.15, 0.2) is 0 Å². The van der Waals surface area contributed by atoms with Gasteiger partial charge in [0.05, 0.1) is 5.54 Å². The summed E-state index contributed by atoms with van der Waals surface area (Å²) in [7, 11) is 0. The first-order valence-corrected chi connectivity index (χ1v) is 3.58. The van der Waals surface area contributed by atoms with Gasteiger partial charge >= 0.3 is 0 Å². The Bertz CT molecular complexity index is 116. The van der Waals surface area contributed by atoms with Crippen molar-refractivity contribution in [3.63, 3.8) is 0 Å². The zero-order valence-electron chi connectivity index (χ0n) is 7.18. The third-order valence-corrected chi connectivity index (χ3v) is 1.19. The van der Waals surface area contributed by atoms with Crippen LogP contribution < -0.4 is 5.48 Å². The lowest BCUT2D eigenvalue weighted by Crippen LogP contribution is -2.34. The maximum absolute atomic E-state index is 8.61. The van der Waals surface area contributed by atoms with Gasteiger partial charge < -0.3 is 5.21 Å². The van der Waals surface area contributed by atoms with Crippen LogP contribution in [0.4, 0.5) is 0 Å². The number of rotatable bonds is 3. The summed E-state index contributed by atoms with van der Waals surface area (Å²) in [6.07, 6.45) is 4.01. The Morgan fingerprint density at radius 2 is 1.90 bits per heavy atom. The molecule has 0 aromatic rings. The molecule has 0 aromatic carbocycles. The molecule has 0 rings (SSSR count). The summed E-state index contributed by atoms with van der Waals surface area (Å²) in [5.41, 5.74) is 1.91. The Labute approximate surface area is 62.9 Å². The number of hydrogen-bond donors (Lipinski definition) is 2. The van der Waals surface area contributed by atoms with E-state index in [9.17, 15) is 0 Å². The average molecular weight is 143 g/mol. The van der Waals surface area contributed by atoms with Gasteiger partial charge in [0.1, 0.15) is 0 Å². The average Bonchev–Trinajstić information content (AvgIpc) is 1.85. The summed E-state index contributed by atoms with van der Waals surface area (Å²) in [5, 5.41) is 8.61. The van der Waals surface area contributed by atoms with Gasteiger partial charge in [0.2, 0.25) is 0 Å². The molecule has 10 heavy (non-hydrogen) atoms. The molecule has 0 saturated heterocycles. The van der Waals surface area contributed by atoms with Crippen molar-refractivity contribution in [2.75, 3.05) is 0 Å². The molecule has 2 nitrogen and oxygen atoms in total. The molecule has 0 bridgehead atoms. The van der Waals surface area contributed by atoms with E-state index in [4.69, 9.17) is 5.21 Å². The Kier molecular flexibility index (Phi) is 3.61. The zero-order chi connectivity index (χ0) is 8.20. The van der Waals surface area contributed by atoms with E-state index in [1.165, 1.54) is 0 Å². The van der Waals surface area contributed by atoms with Crippen molar-refractivity contribution < 1.29 is 5.21 Å². The fourth-order valence-corrected chi connectivity index (χ4v) is 0.470. The van der Waals surface area contributed by atoms with Crippen molar-refractivity contribution in [2.45, 2.75) is 33.2 Å². The van der Waals surface area contributed by atoms with Crippen molar-refractivity contribution >= 4 is 0 Å². The van der Waals surface area contributed by atoms with Crippen LogP contribution in [0.5, 0.6) is 0 Å². The SMILES string of the molecule is CC(C)/C=C/C(C)(C)NO. The van der Waals surface area contributed by atoms with Gasteiger partial charge in [-0.2, -0.15) is 5.48 Å². The molecule has 0 aliphatic heterocycles. The first kappa shape index (κ1) is 9.66. The van der Waals surface area contributed by atoms with Gasteiger partial charge in [-0.1, -0.05) is 26.0 Å². The van der Waals surface area contributed by atoms with Crippen molar-refractivity contribution in [1.29, 1.82) is 0 Å². The second-order valence-corrected chi connectivity index (χ2v) is 3.44. The van der Waals surface area contributed by atoms with Crippen LogP contribution in [0.15, 0.2) is 12.2 Å². The summed E-state index contributed by atoms with van der Waals surface area (Å²) in [6, 6.07) is 0. The predicted molar refractivity (Wildman–Crippen MR) is 43.0 cm³/mol. The van der Waals surface area contributed by atoms with E-state index in [2.05, 4.69) is 25.4 Å². The van der Waals surface area contributed by atoms with Crippen molar-refractivity contribution in [1.82, 2.24) is 5.48 Å². The smallest absolute Gasteiger partial charge is 0.0553 e. The highest BCUT2D eigenvalue weighted by Gasteiger charge is 2.09. The van der Waals surface area contributed by atoms with Crippen LogP contribution in [0.2, 0.25) is 0 Å². The van der Waals surface area contributed by atoms with E-state index < -0.39 is 0 Å². The van der Waals surface area contributed by atoms with Crippen molar-refractivity contribution in [3.05, 3.63) is 12.2 Å². The minimum atomic E-state index is -0.301. The van der Waals surface area contributed by atoms with Crippen molar-refractivity contribution in [3.8, 4) is 0 Å². The summed E-state index contributed by atoms with van der Waals surface area (Å²) >= 11 is 0. The third-order valence-electron chi connectivity index (χ3n) is 1.19. The fraction of sp³-hybridized carbons (Fsp3) is 0.750. The van der Waals surface area contributed by atoms with Crippen LogP contribution in [0.3, 0.4) is 0 Å². The van der Waals surface area contributed by atoms with E-state index in [-0.39, 0.29) is 5.54 Å². The maximum atomic E-state index is 8.61. The standard InChI is InChI=1S/C8H17NO/c1-7(2)5-6-8(3,4)9-10/h5-7,9-10H,1-4H3/b6-5+. The number of hydroxylamine groups is 1.